The molecule has 5 aliphatic heterocycles. The van der Waals surface area contributed by atoms with Gasteiger partial charge in [0.2, 0.25) is 0 Å². The van der Waals surface area contributed by atoms with Crippen molar-refractivity contribution in [1.82, 2.24) is 0 Å². The molecule has 8 fully saturated rings. The Morgan fingerprint density at radius 1 is 0.616 bits per heavy atom. The van der Waals surface area contributed by atoms with Gasteiger partial charge < -0.3 is 114 Å². The average molecular weight is 1260 g/mol. The predicted molar refractivity (Wildman–Crippen MR) is 290 cm³/mol. The van der Waals surface area contributed by atoms with Crippen molar-refractivity contribution in [2.75, 3.05) is 6.61 Å². The first kappa shape index (κ1) is 68.7. The summed E-state index contributed by atoms with van der Waals surface area (Å²) in [5.41, 5.74) is -1.27. The first-order valence-corrected chi connectivity index (χ1v) is 31.7. The number of hydrogen-bond donors (Lipinski definition) is 14. The molecule has 3 unspecified atom stereocenters. The maximum absolute atomic E-state index is 13.2. The van der Waals surface area contributed by atoms with Crippen LogP contribution >= 0.6 is 0 Å². The molecule has 9 aliphatic rings. The first-order valence-electron chi connectivity index (χ1n) is 30.3. The zero-order valence-corrected chi connectivity index (χ0v) is 50.8. The van der Waals surface area contributed by atoms with Gasteiger partial charge in [0.25, 0.3) is 0 Å². The zero-order valence-electron chi connectivity index (χ0n) is 50.0. The summed E-state index contributed by atoms with van der Waals surface area (Å²) in [6, 6.07) is 0. The Labute approximate surface area is 500 Å². The van der Waals surface area contributed by atoms with Gasteiger partial charge in [-0.3, -0.25) is 9.35 Å². The standard InChI is InChI=1S/C57H94O28S/c1-21(2)16-26(59)19-57(9,71)34-11-10-29-28-18-32(31-17-27(85-86(72,73)74)12-14-55(31,7)30(28)13-15-56(29,34)8)79-52-45(70)47(37(62)24(5)77-52)82-53-49(84-51-43(68)40(65)36(61)23(4)76-51)44(69)46(25(6)78-53)81-54-48(41(66)38(63)33(20-58)80-54)83-50-42(67)39(64)35(60)22(3)75-50/h13,21-25,27-29,31-54,58,60-71H,10-12,14-20H2,1-9H3,(H,72,73,74)/t22-,23-,24-,25-,27+,28?,29?,31?,32+,33-,34+,35+,36-,37-,38-,39+,40+,41+,42-,43-,44+,45-,46-,47+,48-,49-,50+,51+,52+,53+,54+,55-,56+,57+/m1/s1. The van der Waals surface area contributed by atoms with Crippen molar-refractivity contribution in [3.05, 3.63) is 11.6 Å². The monoisotopic (exact) mass is 1260 g/mol. The SMILES string of the molecule is CC(C)CC(=O)C[C@](C)(O)[C@H]1CCC2C3C[C@H](O[C@@H]4O[C@H](C)[C@@H](O)[C@H](O[C@@H]5O[C@H](C)[C@@H](O[C@@H]6O[C@H](CO)[C@@H](O)[C@H](O)[C@H]6O[C@@H]6O[C@H](C)[C@H](O)[C@H](O)[C@H]6O)[C@H](O)[C@H]5O[C@@H]5O[C@H](C)[C@@H](O)[C@H](O)[C@H]5O)[C@H]4O)C4C[C@@H](OS(=O)(=O)O)CC[C@]4(C)C3=CC[C@@]21C. The molecule has 0 bridgehead atoms. The molecule has 28 nitrogen and oxygen atoms in total. The zero-order chi connectivity index (χ0) is 63.2. The fourth-order valence-corrected chi connectivity index (χ4v) is 16.6. The lowest BCUT2D eigenvalue weighted by Crippen LogP contribution is -2.68. The van der Waals surface area contributed by atoms with Crippen LogP contribution in [-0.2, 0) is 66.7 Å². The van der Waals surface area contributed by atoms with E-state index in [9.17, 15) is 84.1 Å². The number of fused-ring (bicyclic) bond motifs is 5. The van der Waals surface area contributed by atoms with Gasteiger partial charge in [0.15, 0.2) is 31.5 Å². The molecule has 496 valence electrons. The van der Waals surface area contributed by atoms with Gasteiger partial charge in [0.1, 0.15) is 103 Å². The highest BCUT2D eigenvalue weighted by atomic mass is 32.3. The third kappa shape index (κ3) is 13.4. The highest BCUT2D eigenvalue weighted by molar-refractivity contribution is 7.80. The lowest BCUT2D eigenvalue weighted by molar-refractivity contribution is -0.407. The van der Waals surface area contributed by atoms with Crippen molar-refractivity contribution in [1.29, 1.82) is 0 Å². The van der Waals surface area contributed by atoms with Crippen LogP contribution in [0.2, 0.25) is 0 Å². The quantitative estimate of drug-likeness (QED) is 0.0507. The Kier molecular flexibility index (Phi) is 21.1. The molecule has 34 atom stereocenters. The molecule has 0 aromatic rings. The molecule has 5 saturated heterocycles. The first-order chi connectivity index (χ1) is 40.1. The van der Waals surface area contributed by atoms with E-state index >= 15 is 0 Å². The van der Waals surface area contributed by atoms with Gasteiger partial charge in [-0.05, 0) is 120 Å². The van der Waals surface area contributed by atoms with Crippen LogP contribution in [0.3, 0.4) is 0 Å². The van der Waals surface area contributed by atoms with Crippen molar-refractivity contribution in [2.24, 2.45) is 40.4 Å². The number of aliphatic hydroxyl groups excluding tert-OH is 12. The maximum atomic E-state index is 13.2. The largest absolute Gasteiger partial charge is 0.397 e. The van der Waals surface area contributed by atoms with Crippen LogP contribution in [0.4, 0.5) is 0 Å². The van der Waals surface area contributed by atoms with Crippen molar-refractivity contribution in [2.45, 2.75) is 291 Å². The van der Waals surface area contributed by atoms with Crippen LogP contribution in [0.5, 0.6) is 0 Å². The van der Waals surface area contributed by atoms with Gasteiger partial charge in [-0.25, -0.2) is 4.18 Å². The Morgan fingerprint density at radius 3 is 1.71 bits per heavy atom. The number of Topliss-reactive ketones (excluding diaryl/α,β-unsaturated/α-hetero) is 1. The molecular weight excluding hydrogens is 1160 g/mol. The summed E-state index contributed by atoms with van der Waals surface area (Å²) in [5, 5.41) is 146. The minimum atomic E-state index is -4.89. The second-order valence-electron chi connectivity index (χ2n) is 27.1. The van der Waals surface area contributed by atoms with E-state index in [4.69, 9.17) is 51.6 Å². The molecule has 9 rings (SSSR count). The Balaban J connectivity index is 0.996. The van der Waals surface area contributed by atoms with Crippen LogP contribution in [0, 0.1) is 40.4 Å². The summed E-state index contributed by atoms with van der Waals surface area (Å²) in [5.74, 6) is -0.812. The minimum Gasteiger partial charge on any atom is -0.394 e. The molecule has 4 aliphatic carbocycles. The summed E-state index contributed by atoms with van der Waals surface area (Å²) >= 11 is 0. The smallest absolute Gasteiger partial charge is 0.394 e. The molecule has 5 heterocycles. The van der Waals surface area contributed by atoms with Gasteiger partial charge in [-0.15, -0.1) is 0 Å². The van der Waals surface area contributed by atoms with E-state index in [0.29, 0.717) is 32.1 Å². The van der Waals surface area contributed by atoms with Crippen LogP contribution in [-0.4, -0.2) is 263 Å². The molecule has 0 amide bonds. The molecule has 86 heavy (non-hydrogen) atoms. The number of hydrogen-bond acceptors (Lipinski definition) is 27. The van der Waals surface area contributed by atoms with E-state index in [2.05, 4.69) is 19.9 Å². The van der Waals surface area contributed by atoms with Crippen LogP contribution in [0.1, 0.15) is 120 Å². The van der Waals surface area contributed by atoms with E-state index < -0.39 is 205 Å². The van der Waals surface area contributed by atoms with Gasteiger partial charge in [0, 0.05) is 12.8 Å². The molecule has 0 radical (unpaired) electrons. The second kappa shape index (κ2) is 26.4. The molecule has 14 N–H and O–H groups in total. The van der Waals surface area contributed by atoms with Crippen LogP contribution in [0.15, 0.2) is 11.6 Å². The van der Waals surface area contributed by atoms with E-state index in [-0.39, 0.29) is 48.7 Å². The summed E-state index contributed by atoms with van der Waals surface area (Å²) in [6.07, 6.45) is -38.7. The fourth-order valence-electron chi connectivity index (χ4n) is 16.0. The molecule has 29 heteroatoms. The summed E-state index contributed by atoms with van der Waals surface area (Å²) in [6.45, 7) is 14.6. The molecule has 0 spiro atoms. The summed E-state index contributed by atoms with van der Waals surface area (Å²) < 4.78 is 101. The van der Waals surface area contributed by atoms with Crippen LogP contribution < -0.4 is 0 Å². The van der Waals surface area contributed by atoms with Crippen LogP contribution in [0.25, 0.3) is 0 Å². The third-order valence-corrected chi connectivity index (χ3v) is 21.1. The summed E-state index contributed by atoms with van der Waals surface area (Å²) in [4.78, 5) is 13.2. The maximum Gasteiger partial charge on any atom is 0.397 e. The van der Waals surface area contributed by atoms with E-state index in [1.165, 1.54) is 27.7 Å². The molecule has 0 aromatic carbocycles. The number of ether oxygens (including phenoxy) is 10. The van der Waals surface area contributed by atoms with Crippen molar-refractivity contribution in [3.8, 4) is 0 Å². The average Bonchev–Trinajstić information content (AvgIpc) is 1.34. The Bertz CT molecular complexity index is 2460. The van der Waals surface area contributed by atoms with Gasteiger partial charge in [0.05, 0.1) is 48.8 Å². The second-order valence-corrected chi connectivity index (χ2v) is 28.1. The minimum absolute atomic E-state index is 0.00741. The van der Waals surface area contributed by atoms with Crippen molar-refractivity contribution in [3.63, 3.8) is 0 Å². The lowest BCUT2D eigenvalue weighted by Gasteiger charge is -2.60. The van der Waals surface area contributed by atoms with E-state index in [1.54, 1.807) is 6.92 Å². The van der Waals surface area contributed by atoms with Gasteiger partial charge in [-0.1, -0.05) is 39.3 Å². The van der Waals surface area contributed by atoms with E-state index in [0.717, 1.165) is 12.0 Å². The third-order valence-electron chi connectivity index (χ3n) is 20.6. The lowest BCUT2D eigenvalue weighted by atomic mass is 9.47. The van der Waals surface area contributed by atoms with Crippen molar-refractivity contribution >= 4 is 16.2 Å². The number of allylic oxidation sites excluding steroid dienone is 2. The number of carbonyl (C=O) groups is 1. The van der Waals surface area contributed by atoms with Gasteiger partial charge >= 0.3 is 10.4 Å². The van der Waals surface area contributed by atoms with Crippen molar-refractivity contribution < 1.29 is 136 Å². The number of carbonyl (C=O) groups excluding carboxylic acids is 1. The Morgan fingerprint density at radius 2 is 1.14 bits per heavy atom. The number of aliphatic hydroxyl groups is 13. The normalized spacial score (nSPS) is 51.7. The highest BCUT2D eigenvalue weighted by Gasteiger charge is 2.64. The van der Waals surface area contributed by atoms with Gasteiger partial charge in [-0.2, -0.15) is 8.42 Å². The summed E-state index contributed by atoms with van der Waals surface area (Å²) in [7, 11) is -4.89. The number of ketones is 1. The Hall–Kier alpha value is -1.64. The topological polar surface area (TPSA) is 436 Å². The number of rotatable bonds is 18. The predicted octanol–water partition coefficient (Wildman–Crippen LogP) is -2.29. The fraction of sp³-hybridized carbons (Fsp3) is 0.947. The molecular formula is C57H94O28S. The molecule has 0 aromatic heterocycles. The highest BCUT2D eigenvalue weighted by Crippen LogP contribution is 2.67. The molecule has 3 saturated carbocycles. The van der Waals surface area contributed by atoms with E-state index in [1.807, 2.05) is 13.8 Å².